The van der Waals surface area contributed by atoms with E-state index in [-0.39, 0.29) is 35.8 Å². The highest BCUT2D eigenvalue weighted by Crippen LogP contribution is 2.24. The Balaban J connectivity index is 0.00000312. The Kier molecular flexibility index (Phi) is 7.88. The van der Waals surface area contributed by atoms with Gasteiger partial charge in [0.2, 0.25) is 5.88 Å². The number of halogens is 5. The van der Waals surface area contributed by atoms with Crippen LogP contribution in [0.3, 0.4) is 0 Å². The molecule has 0 bridgehead atoms. The number of aromatic nitrogens is 1. The van der Waals surface area contributed by atoms with Crippen molar-refractivity contribution in [2.75, 3.05) is 19.7 Å². The van der Waals surface area contributed by atoms with Crippen LogP contribution in [0.4, 0.5) is 17.6 Å². The zero-order valence-corrected chi connectivity index (χ0v) is 14.2. The van der Waals surface area contributed by atoms with E-state index in [0.717, 1.165) is 19.3 Å². The monoisotopic (exact) mass is 385 g/mol. The van der Waals surface area contributed by atoms with E-state index in [1.54, 1.807) is 4.90 Å². The molecule has 0 spiro atoms. The smallest absolute Gasteiger partial charge is 0.340 e. The molecule has 5 nitrogen and oxygen atoms in total. The lowest BCUT2D eigenvalue weighted by atomic mass is 10.0. The zero-order chi connectivity index (χ0) is 17.7. The Morgan fingerprint density at radius 3 is 2.68 bits per heavy atom. The van der Waals surface area contributed by atoms with Crippen molar-refractivity contribution in [1.29, 1.82) is 0 Å². The van der Waals surface area contributed by atoms with Gasteiger partial charge in [-0.2, -0.15) is 8.78 Å². The summed E-state index contributed by atoms with van der Waals surface area (Å²) in [5, 5.41) is 0. The number of amides is 1. The third kappa shape index (κ3) is 5.43. The van der Waals surface area contributed by atoms with Gasteiger partial charge in [-0.1, -0.05) is 0 Å². The normalized spacial score (nSPS) is 18.0. The van der Waals surface area contributed by atoms with Crippen LogP contribution in [-0.4, -0.2) is 53.9 Å². The lowest BCUT2D eigenvalue weighted by Crippen LogP contribution is -2.47. The molecule has 0 saturated carbocycles. The second-order valence-corrected chi connectivity index (χ2v) is 5.62. The lowest BCUT2D eigenvalue weighted by Gasteiger charge is -2.35. The van der Waals surface area contributed by atoms with Crippen LogP contribution in [0.2, 0.25) is 0 Å². The third-order valence-corrected chi connectivity index (χ3v) is 3.88. The van der Waals surface area contributed by atoms with E-state index >= 15 is 0 Å². The van der Waals surface area contributed by atoms with Gasteiger partial charge in [0.25, 0.3) is 5.91 Å². The van der Waals surface area contributed by atoms with Crippen LogP contribution >= 0.6 is 12.4 Å². The molecule has 1 aliphatic heterocycles. The van der Waals surface area contributed by atoms with Crippen molar-refractivity contribution in [1.82, 2.24) is 9.88 Å². The van der Waals surface area contributed by atoms with E-state index < -0.39 is 19.0 Å². The second kappa shape index (κ2) is 9.19. The molecule has 25 heavy (non-hydrogen) atoms. The Bertz CT molecular complexity index is 560. The lowest BCUT2D eigenvalue weighted by molar-refractivity contribution is -0.148. The summed E-state index contributed by atoms with van der Waals surface area (Å²) in [6, 6.07) is 2.54. The van der Waals surface area contributed by atoms with Crippen molar-refractivity contribution in [3.63, 3.8) is 0 Å². The maximum absolute atomic E-state index is 12.8. The van der Waals surface area contributed by atoms with E-state index in [4.69, 9.17) is 5.73 Å². The number of nitrogens with two attached hydrogens (primary N) is 1. The Labute approximate surface area is 148 Å². The fourth-order valence-electron chi connectivity index (χ4n) is 2.50. The molecule has 1 fully saturated rings. The minimum atomic E-state index is -4.25. The highest BCUT2D eigenvalue weighted by molar-refractivity contribution is 5.94. The van der Waals surface area contributed by atoms with Crippen LogP contribution in [0.25, 0.3) is 0 Å². The molecule has 2 heterocycles. The van der Waals surface area contributed by atoms with Gasteiger partial charge in [-0.15, -0.1) is 12.4 Å². The molecule has 10 heteroatoms. The number of hydrogen-bond acceptors (Lipinski definition) is 4. The van der Waals surface area contributed by atoms with Crippen LogP contribution in [0, 0.1) is 0 Å². The number of carbonyl (C=O) groups is 1. The highest BCUT2D eigenvalue weighted by Gasteiger charge is 2.41. The Morgan fingerprint density at radius 2 is 2.12 bits per heavy atom. The summed E-state index contributed by atoms with van der Waals surface area (Å²) in [6.45, 7) is -0.519. The van der Waals surface area contributed by atoms with Crippen molar-refractivity contribution >= 4 is 18.3 Å². The second-order valence-electron chi connectivity index (χ2n) is 5.62. The molecule has 0 radical (unpaired) electrons. The number of carbonyl (C=O) groups excluding carboxylic acids is 1. The number of nitrogens with zero attached hydrogens (tertiary/aromatic N) is 2. The molecule has 1 aromatic heterocycles. The molecular weight excluding hydrogens is 366 g/mol. The van der Waals surface area contributed by atoms with E-state index in [9.17, 15) is 22.4 Å². The summed E-state index contributed by atoms with van der Waals surface area (Å²) in [6.07, 6.45) is 0.0970. The minimum absolute atomic E-state index is 0. The average Bonchev–Trinajstić information content (AvgIpc) is 2.59. The molecule has 1 atom stereocenters. The van der Waals surface area contributed by atoms with Crippen molar-refractivity contribution < 1.29 is 27.1 Å². The van der Waals surface area contributed by atoms with Gasteiger partial charge in [0.05, 0.1) is 5.56 Å². The van der Waals surface area contributed by atoms with E-state index in [0.29, 0.717) is 13.1 Å². The minimum Gasteiger partial charge on any atom is -0.471 e. The van der Waals surface area contributed by atoms with E-state index in [1.807, 2.05) is 0 Å². The zero-order valence-electron chi connectivity index (χ0n) is 13.3. The number of piperidine rings is 1. The number of pyridine rings is 1. The summed E-state index contributed by atoms with van der Waals surface area (Å²) in [5.74, 6) is -4.75. The fourth-order valence-corrected chi connectivity index (χ4v) is 2.50. The molecule has 0 aromatic carbocycles. The maximum Gasteiger partial charge on any atom is 0.340 e. The Morgan fingerprint density at radius 1 is 1.40 bits per heavy atom. The van der Waals surface area contributed by atoms with Gasteiger partial charge in [-0.3, -0.25) is 4.79 Å². The first-order chi connectivity index (χ1) is 11.3. The largest absolute Gasteiger partial charge is 0.471 e. The first kappa shape index (κ1) is 21.4. The van der Waals surface area contributed by atoms with Gasteiger partial charge >= 0.3 is 12.3 Å². The molecule has 0 aliphatic carbocycles. The van der Waals surface area contributed by atoms with Gasteiger partial charge in [-0.25, -0.2) is 13.8 Å². The van der Waals surface area contributed by atoms with Gasteiger partial charge in [0, 0.05) is 31.4 Å². The maximum atomic E-state index is 12.8. The number of rotatable bonds is 6. The van der Waals surface area contributed by atoms with Crippen LogP contribution in [0.15, 0.2) is 18.3 Å². The highest BCUT2D eigenvalue weighted by atomic mass is 35.5. The fraction of sp³-hybridized carbons (Fsp3) is 0.600. The summed E-state index contributed by atoms with van der Waals surface area (Å²) in [7, 11) is 0. The third-order valence-electron chi connectivity index (χ3n) is 3.88. The summed E-state index contributed by atoms with van der Waals surface area (Å²) < 4.78 is 54.2. The molecular formula is C15H20ClF4N3O2. The number of alkyl halides is 4. The molecule has 1 amide bonds. The van der Waals surface area contributed by atoms with Crippen molar-refractivity contribution in [3.05, 3.63) is 23.9 Å². The van der Waals surface area contributed by atoms with Crippen molar-refractivity contribution in [2.24, 2.45) is 5.73 Å². The van der Waals surface area contributed by atoms with Crippen LogP contribution < -0.4 is 10.5 Å². The average molecular weight is 386 g/mol. The predicted octanol–water partition coefficient (Wildman–Crippen LogP) is 2.74. The molecule has 2 N–H and O–H groups in total. The molecule has 1 unspecified atom stereocenters. The van der Waals surface area contributed by atoms with Crippen molar-refractivity contribution in [3.8, 4) is 5.88 Å². The topological polar surface area (TPSA) is 68.5 Å². The Hall–Kier alpha value is -1.61. The van der Waals surface area contributed by atoms with E-state index in [1.165, 1.54) is 18.3 Å². The van der Waals surface area contributed by atoms with Crippen molar-refractivity contribution in [2.45, 2.75) is 37.7 Å². The molecule has 2 rings (SSSR count). The predicted molar refractivity (Wildman–Crippen MR) is 85.7 cm³/mol. The first-order valence-electron chi connectivity index (χ1n) is 7.61. The summed E-state index contributed by atoms with van der Waals surface area (Å²) in [5.41, 5.74) is 5.94. The van der Waals surface area contributed by atoms with Gasteiger partial charge in [0.15, 0.2) is 6.61 Å². The SMILES string of the molecule is Cl.NCC1CCCCN1C(=O)c1ccc(OCC(F)(F)C(F)F)nc1. The summed E-state index contributed by atoms with van der Waals surface area (Å²) >= 11 is 0. The van der Waals surface area contributed by atoms with Gasteiger partial charge in [0.1, 0.15) is 0 Å². The number of ether oxygens (including phenoxy) is 1. The van der Waals surface area contributed by atoms with E-state index in [2.05, 4.69) is 9.72 Å². The quantitative estimate of drug-likeness (QED) is 0.764. The van der Waals surface area contributed by atoms with Gasteiger partial charge in [-0.05, 0) is 25.3 Å². The molecule has 142 valence electrons. The summed E-state index contributed by atoms with van der Waals surface area (Å²) in [4.78, 5) is 17.9. The molecule has 1 saturated heterocycles. The van der Waals surface area contributed by atoms with Crippen LogP contribution in [0.1, 0.15) is 29.6 Å². The number of likely N-dealkylation sites (tertiary alicyclic amines) is 1. The number of hydrogen-bond donors (Lipinski definition) is 1. The van der Waals surface area contributed by atoms with Gasteiger partial charge < -0.3 is 15.4 Å². The van der Waals surface area contributed by atoms with Crippen LogP contribution in [-0.2, 0) is 0 Å². The molecule has 1 aromatic rings. The first-order valence-corrected chi connectivity index (χ1v) is 7.61. The van der Waals surface area contributed by atoms with Crippen LogP contribution in [0.5, 0.6) is 5.88 Å². The standard InChI is InChI=1S/C15H19F4N3O2.ClH/c16-14(17)15(18,19)9-24-12-5-4-10(8-21-12)13(23)22-6-2-1-3-11(22)7-20;/h4-5,8,11,14H,1-3,6-7,9,20H2;1H. The molecule has 1 aliphatic rings.